The van der Waals surface area contributed by atoms with Gasteiger partial charge in [-0.05, 0) is 38.5 Å². The number of fused-ring (bicyclic) bond motifs is 1. The summed E-state index contributed by atoms with van der Waals surface area (Å²) in [5.74, 6) is 0.447. The molecule has 0 fully saturated rings. The first-order valence-corrected chi connectivity index (χ1v) is 11.6. The molecule has 0 aliphatic carbocycles. The number of nitrogens with zero attached hydrogens (tertiary/aromatic N) is 5. The second kappa shape index (κ2) is 10.1. The Bertz CT molecular complexity index is 1350. The molecule has 37 heavy (non-hydrogen) atoms. The predicted octanol–water partition coefficient (Wildman–Crippen LogP) is 4.39. The molecular formula is C25H28F3N7O2. The number of halogens is 3. The van der Waals surface area contributed by atoms with Gasteiger partial charge in [-0.1, -0.05) is 6.08 Å². The van der Waals surface area contributed by atoms with E-state index in [-0.39, 0.29) is 18.3 Å². The SMILES string of the molecule is C/C=C(/C)C1C(=O)Nc2c(cc(NCc3cnn(Cc4ccc(C(F)(F)F)nc4OC)c3)nc2C)N1C. The number of hydrogen-bond donors (Lipinski definition) is 2. The molecule has 0 radical (unpaired) electrons. The minimum atomic E-state index is -4.55. The maximum atomic E-state index is 12.9. The number of nitrogens with one attached hydrogen (secondary N) is 2. The number of methoxy groups -OCH3 is 1. The Kier molecular flexibility index (Phi) is 7.10. The highest BCUT2D eigenvalue weighted by Crippen LogP contribution is 2.36. The quantitative estimate of drug-likeness (QED) is 0.451. The smallest absolute Gasteiger partial charge is 0.433 e. The monoisotopic (exact) mass is 515 g/mol. The van der Waals surface area contributed by atoms with Gasteiger partial charge in [0.15, 0.2) is 0 Å². The molecule has 12 heteroatoms. The first-order valence-electron chi connectivity index (χ1n) is 11.6. The van der Waals surface area contributed by atoms with Gasteiger partial charge in [-0.25, -0.2) is 9.97 Å². The molecule has 0 bridgehead atoms. The molecule has 3 aromatic rings. The van der Waals surface area contributed by atoms with Crippen LogP contribution in [0.3, 0.4) is 0 Å². The zero-order chi connectivity index (χ0) is 26.9. The summed E-state index contributed by atoms with van der Waals surface area (Å²) in [6.07, 6.45) is 0.826. The van der Waals surface area contributed by atoms with Crippen molar-refractivity contribution in [1.29, 1.82) is 0 Å². The lowest BCUT2D eigenvalue weighted by Gasteiger charge is -2.36. The van der Waals surface area contributed by atoms with Gasteiger partial charge in [0.05, 0.1) is 36.9 Å². The van der Waals surface area contributed by atoms with Crippen LogP contribution in [0.15, 0.2) is 42.2 Å². The normalized spacial score (nSPS) is 15.9. The molecular weight excluding hydrogens is 487 g/mol. The average molecular weight is 516 g/mol. The molecule has 1 aliphatic heterocycles. The maximum Gasteiger partial charge on any atom is 0.433 e. The number of alkyl halides is 3. The number of rotatable bonds is 7. The molecule has 2 N–H and O–H groups in total. The number of likely N-dealkylation sites (N-methyl/N-ethyl adjacent to an activating group) is 1. The van der Waals surface area contributed by atoms with Crippen LogP contribution < -0.4 is 20.3 Å². The fraction of sp³-hybridized carbons (Fsp3) is 0.360. The van der Waals surface area contributed by atoms with Gasteiger partial charge in [0.25, 0.3) is 5.91 Å². The van der Waals surface area contributed by atoms with Crippen molar-refractivity contribution in [3.8, 4) is 5.88 Å². The molecule has 1 amide bonds. The Morgan fingerprint density at radius 3 is 2.73 bits per heavy atom. The first-order chi connectivity index (χ1) is 17.5. The van der Waals surface area contributed by atoms with E-state index in [0.717, 1.165) is 22.9 Å². The summed E-state index contributed by atoms with van der Waals surface area (Å²) in [6.45, 7) is 6.28. The van der Waals surface area contributed by atoms with Crippen LogP contribution in [0.4, 0.5) is 30.4 Å². The molecule has 1 unspecified atom stereocenters. The second-order valence-corrected chi connectivity index (χ2v) is 8.78. The van der Waals surface area contributed by atoms with E-state index in [4.69, 9.17) is 4.74 Å². The van der Waals surface area contributed by atoms with Gasteiger partial charge in [-0.15, -0.1) is 0 Å². The van der Waals surface area contributed by atoms with Crippen molar-refractivity contribution in [2.24, 2.45) is 0 Å². The maximum absolute atomic E-state index is 12.9. The highest BCUT2D eigenvalue weighted by Gasteiger charge is 2.34. The van der Waals surface area contributed by atoms with Crippen LogP contribution >= 0.6 is 0 Å². The number of aryl methyl sites for hydroxylation is 1. The van der Waals surface area contributed by atoms with Crippen molar-refractivity contribution in [2.45, 2.75) is 46.1 Å². The molecule has 0 saturated heterocycles. The highest BCUT2D eigenvalue weighted by molar-refractivity contribution is 6.06. The number of aromatic nitrogens is 4. The van der Waals surface area contributed by atoms with Crippen molar-refractivity contribution in [3.63, 3.8) is 0 Å². The van der Waals surface area contributed by atoms with Crippen LogP contribution in [0.25, 0.3) is 0 Å². The van der Waals surface area contributed by atoms with E-state index in [0.29, 0.717) is 29.3 Å². The lowest BCUT2D eigenvalue weighted by atomic mass is 10.0. The number of carbonyl (C=O) groups excluding carboxylic acids is 1. The third kappa shape index (κ3) is 5.37. The van der Waals surface area contributed by atoms with Crippen LogP contribution in [0.1, 0.15) is 36.4 Å². The molecule has 4 heterocycles. The molecule has 1 aliphatic rings. The van der Waals surface area contributed by atoms with Gasteiger partial charge in [-0.2, -0.15) is 18.3 Å². The summed E-state index contributed by atoms with van der Waals surface area (Å²) in [6, 6.07) is 3.75. The number of pyridine rings is 2. The number of hydrogen-bond acceptors (Lipinski definition) is 7. The summed E-state index contributed by atoms with van der Waals surface area (Å²) in [5.41, 5.74) is 3.49. The van der Waals surface area contributed by atoms with Crippen LogP contribution in [0.2, 0.25) is 0 Å². The fourth-order valence-corrected chi connectivity index (χ4v) is 4.23. The number of anilines is 3. The molecule has 196 valence electrons. The molecule has 1 atom stereocenters. The summed E-state index contributed by atoms with van der Waals surface area (Å²) < 4.78 is 45.5. The zero-order valence-electron chi connectivity index (χ0n) is 21.1. The van der Waals surface area contributed by atoms with Crippen molar-refractivity contribution >= 4 is 23.1 Å². The third-order valence-corrected chi connectivity index (χ3v) is 6.25. The van der Waals surface area contributed by atoms with E-state index >= 15 is 0 Å². The Labute approximate surface area is 212 Å². The van der Waals surface area contributed by atoms with Gasteiger partial charge in [0.1, 0.15) is 17.6 Å². The largest absolute Gasteiger partial charge is 0.481 e. The number of allylic oxidation sites excluding steroid dienone is 1. The van der Waals surface area contributed by atoms with E-state index in [9.17, 15) is 18.0 Å². The predicted molar refractivity (Wildman–Crippen MR) is 134 cm³/mol. The van der Waals surface area contributed by atoms with Crippen molar-refractivity contribution in [1.82, 2.24) is 19.7 Å². The Morgan fingerprint density at radius 2 is 2.05 bits per heavy atom. The molecule has 4 rings (SSSR count). The lowest BCUT2D eigenvalue weighted by Crippen LogP contribution is -2.47. The van der Waals surface area contributed by atoms with Gasteiger partial charge < -0.3 is 20.3 Å². The van der Waals surface area contributed by atoms with E-state index in [1.54, 1.807) is 17.1 Å². The highest BCUT2D eigenvalue weighted by atomic mass is 19.4. The van der Waals surface area contributed by atoms with Crippen LogP contribution in [0, 0.1) is 6.92 Å². The number of ether oxygens (including phenoxy) is 1. The second-order valence-electron chi connectivity index (χ2n) is 8.78. The van der Waals surface area contributed by atoms with E-state index < -0.39 is 17.9 Å². The molecule has 9 nitrogen and oxygen atoms in total. The Balaban J connectivity index is 1.48. The van der Waals surface area contributed by atoms with Gasteiger partial charge in [0, 0.05) is 37.0 Å². The standard InChI is InChI=1S/C25H28F3N7O2/c1-6-14(2)22-23(36)33-21-15(3)31-20(9-18(21)34(22)4)29-10-16-11-30-35(12-16)13-17-7-8-19(25(26,27)28)32-24(17)37-5/h6-9,11-12,22H,10,13H2,1-5H3,(H,29,31)(H,33,36)/b14-6-. The molecule has 3 aromatic heterocycles. The van der Waals surface area contributed by atoms with Crippen molar-refractivity contribution in [3.05, 3.63) is 64.8 Å². The number of carbonyl (C=O) groups is 1. The lowest BCUT2D eigenvalue weighted by molar-refractivity contribution is -0.141. The minimum absolute atomic E-state index is 0.0940. The topological polar surface area (TPSA) is 97.2 Å². The van der Waals surface area contributed by atoms with E-state index in [1.165, 1.54) is 13.2 Å². The van der Waals surface area contributed by atoms with Crippen LogP contribution in [0.5, 0.6) is 5.88 Å². The first kappa shape index (κ1) is 26.0. The van der Waals surface area contributed by atoms with Crippen molar-refractivity contribution in [2.75, 3.05) is 29.7 Å². The molecule has 0 aromatic carbocycles. The minimum Gasteiger partial charge on any atom is -0.481 e. The number of amides is 1. The van der Waals surface area contributed by atoms with E-state index in [1.807, 2.05) is 44.9 Å². The van der Waals surface area contributed by atoms with E-state index in [2.05, 4.69) is 25.7 Å². The Morgan fingerprint density at radius 1 is 1.30 bits per heavy atom. The fourth-order valence-electron chi connectivity index (χ4n) is 4.23. The van der Waals surface area contributed by atoms with Gasteiger partial charge >= 0.3 is 6.18 Å². The molecule has 0 spiro atoms. The summed E-state index contributed by atoms with van der Waals surface area (Å²) in [7, 11) is 3.16. The van der Waals surface area contributed by atoms with Crippen LogP contribution in [-0.2, 0) is 24.1 Å². The zero-order valence-corrected chi connectivity index (χ0v) is 21.1. The van der Waals surface area contributed by atoms with Gasteiger partial charge in [-0.3, -0.25) is 9.48 Å². The Hall–Kier alpha value is -4.09. The third-order valence-electron chi connectivity index (χ3n) is 6.25. The van der Waals surface area contributed by atoms with Gasteiger partial charge in [0.2, 0.25) is 5.88 Å². The summed E-state index contributed by atoms with van der Waals surface area (Å²) >= 11 is 0. The summed E-state index contributed by atoms with van der Waals surface area (Å²) in [4.78, 5) is 22.7. The summed E-state index contributed by atoms with van der Waals surface area (Å²) in [5, 5.41) is 10.6. The molecule has 0 saturated carbocycles. The van der Waals surface area contributed by atoms with Crippen LogP contribution in [-0.4, -0.2) is 45.9 Å². The average Bonchev–Trinajstić information content (AvgIpc) is 3.30. The van der Waals surface area contributed by atoms with Crippen molar-refractivity contribution < 1.29 is 22.7 Å².